The SMILES string of the molecule is CC(C(=O)Nc1ccc(OC(F)(F)F)cc1)n1nc(-c2cccnc2)ccc1=O. The Hall–Kier alpha value is -3.69. The lowest BCUT2D eigenvalue weighted by Gasteiger charge is -2.15. The zero-order chi connectivity index (χ0) is 21.0. The number of pyridine rings is 1. The Morgan fingerprint density at radius 3 is 2.48 bits per heavy atom. The summed E-state index contributed by atoms with van der Waals surface area (Å²) in [5, 5.41) is 6.75. The normalized spacial score (nSPS) is 12.3. The summed E-state index contributed by atoms with van der Waals surface area (Å²) in [6.07, 6.45) is -1.63. The molecule has 0 aliphatic rings. The molecule has 1 N–H and O–H groups in total. The van der Waals surface area contributed by atoms with E-state index >= 15 is 0 Å². The number of carbonyl (C=O) groups is 1. The van der Waals surface area contributed by atoms with Crippen LogP contribution in [0.2, 0.25) is 0 Å². The topological polar surface area (TPSA) is 86.1 Å². The van der Waals surface area contributed by atoms with Gasteiger partial charge >= 0.3 is 6.36 Å². The fourth-order valence-electron chi connectivity index (χ4n) is 2.47. The summed E-state index contributed by atoms with van der Waals surface area (Å²) in [4.78, 5) is 28.6. The minimum Gasteiger partial charge on any atom is -0.406 e. The number of hydrogen-bond donors (Lipinski definition) is 1. The molecule has 7 nitrogen and oxygen atoms in total. The summed E-state index contributed by atoms with van der Waals surface area (Å²) in [5.74, 6) is -0.974. The molecule has 1 unspecified atom stereocenters. The third-order valence-corrected chi connectivity index (χ3v) is 3.88. The maximum Gasteiger partial charge on any atom is 0.573 e. The standard InChI is InChI=1S/C19H15F3N4O3/c1-12(18(28)24-14-4-6-15(7-5-14)29-19(20,21)22)26-17(27)9-8-16(25-26)13-3-2-10-23-11-13/h2-12H,1H3,(H,24,28). The number of amides is 1. The first kappa shape index (κ1) is 20.1. The first-order chi connectivity index (χ1) is 13.7. The molecule has 3 rings (SSSR count). The highest BCUT2D eigenvalue weighted by Gasteiger charge is 2.31. The number of aromatic nitrogens is 3. The second-order valence-corrected chi connectivity index (χ2v) is 5.98. The minimum atomic E-state index is -4.80. The zero-order valence-electron chi connectivity index (χ0n) is 15.1. The van der Waals surface area contributed by atoms with Gasteiger partial charge in [-0.25, -0.2) is 4.68 Å². The second-order valence-electron chi connectivity index (χ2n) is 5.98. The molecule has 0 aliphatic carbocycles. The van der Waals surface area contributed by atoms with Crippen LogP contribution in [0.1, 0.15) is 13.0 Å². The van der Waals surface area contributed by atoms with Gasteiger partial charge in [-0.3, -0.25) is 14.6 Å². The van der Waals surface area contributed by atoms with Gasteiger partial charge in [-0.2, -0.15) is 5.10 Å². The van der Waals surface area contributed by atoms with Gasteiger partial charge in [0.15, 0.2) is 0 Å². The Morgan fingerprint density at radius 2 is 1.86 bits per heavy atom. The molecule has 0 saturated heterocycles. The van der Waals surface area contributed by atoms with E-state index in [0.717, 1.165) is 16.8 Å². The summed E-state index contributed by atoms with van der Waals surface area (Å²) in [7, 11) is 0. The molecule has 2 heterocycles. The Labute approximate surface area is 162 Å². The Kier molecular flexibility index (Phi) is 5.62. The van der Waals surface area contributed by atoms with Crippen molar-refractivity contribution in [3.63, 3.8) is 0 Å². The largest absolute Gasteiger partial charge is 0.573 e. The van der Waals surface area contributed by atoms with Gasteiger partial charge in [-0.15, -0.1) is 13.2 Å². The summed E-state index contributed by atoms with van der Waals surface area (Å²) in [6.45, 7) is 1.48. The van der Waals surface area contributed by atoms with Crippen LogP contribution in [0.25, 0.3) is 11.3 Å². The zero-order valence-corrected chi connectivity index (χ0v) is 15.1. The highest BCUT2D eigenvalue weighted by Crippen LogP contribution is 2.24. The molecule has 29 heavy (non-hydrogen) atoms. The quantitative estimate of drug-likeness (QED) is 0.704. The van der Waals surface area contributed by atoms with Gasteiger partial charge < -0.3 is 10.1 Å². The van der Waals surface area contributed by atoms with Crippen molar-refractivity contribution in [1.29, 1.82) is 0 Å². The summed E-state index contributed by atoms with van der Waals surface area (Å²) in [6, 6.07) is 9.99. The molecule has 150 valence electrons. The molecule has 0 spiro atoms. The number of ether oxygens (including phenoxy) is 1. The van der Waals surface area contributed by atoms with Crippen molar-refractivity contribution < 1.29 is 22.7 Å². The maximum absolute atomic E-state index is 12.5. The van der Waals surface area contributed by atoms with E-state index in [9.17, 15) is 22.8 Å². The van der Waals surface area contributed by atoms with E-state index in [4.69, 9.17) is 0 Å². The van der Waals surface area contributed by atoms with Crippen molar-refractivity contribution in [2.75, 3.05) is 5.32 Å². The number of hydrogen-bond acceptors (Lipinski definition) is 5. The van der Waals surface area contributed by atoms with Crippen molar-refractivity contribution in [3.05, 3.63) is 71.3 Å². The van der Waals surface area contributed by atoms with Gasteiger partial charge in [0, 0.05) is 29.7 Å². The molecule has 10 heteroatoms. The van der Waals surface area contributed by atoms with Crippen molar-refractivity contribution in [2.24, 2.45) is 0 Å². The van der Waals surface area contributed by atoms with Gasteiger partial charge in [-0.1, -0.05) is 0 Å². The number of nitrogens with zero attached hydrogens (tertiary/aromatic N) is 3. The molecular formula is C19H15F3N4O3. The van der Waals surface area contributed by atoms with E-state index in [1.807, 2.05) is 0 Å². The third kappa shape index (κ3) is 5.18. The van der Waals surface area contributed by atoms with E-state index in [1.165, 1.54) is 31.2 Å². The molecule has 0 aliphatic heterocycles. The molecule has 0 bridgehead atoms. The van der Waals surface area contributed by atoms with Gasteiger partial charge in [0.25, 0.3) is 5.56 Å². The lowest BCUT2D eigenvalue weighted by molar-refractivity contribution is -0.274. The molecular weight excluding hydrogens is 389 g/mol. The van der Waals surface area contributed by atoms with E-state index in [0.29, 0.717) is 11.3 Å². The third-order valence-electron chi connectivity index (χ3n) is 3.88. The number of nitrogens with one attached hydrogen (secondary N) is 1. The van der Waals surface area contributed by atoms with E-state index < -0.39 is 29.6 Å². The number of rotatable bonds is 5. The van der Waals surface area contributed by atoms with Crippen molar-refractivity contribution in [2.45, 2.75) is 19.3 Å². The molecule has 0 radical (unpaired) electrons. The number of benzene rings is 1. The van der Waals surface area contributed by atoms with E-state index in [-0.39, 0.29) is 5.69 Å². The van der Waals surface area contributed by atoms with E-state index in [2.05, 4.69) is 20.1 Å². The molecule has 0 fully saturated rings. The Bertz CT molecular complexity index is 1050. The maximum atomic E-state index is 12.5. The highest BCUT2D eigenvalue weighted by atomic mass is 19.4. The predicted octanol–water partition coefficient (Wildman–Crippen LogP) is 3.40. The second kappa shape index (κ2) is 8.13. The van der Waals surface area contributed by atoms with Crippen LogP contribution in [-0.2, 0) is 4.79 Å². The fourth-order valence-corrected chi connectivity index (χ4v) is 2.47. The first-order valence-corrected chi connectivity index (χ1v) is 8.40. The van der Waals surface area contributed by atoms with Gasteiger partial charge in [-0.05, 0) is 49.4 Å². The summed E-state index contributed by atoms with van der Waals surface area (Å²) >= 11 is 0. The number of anilines is 1. The van der Waals surface area contributed by atoms with Crippen LogP contribution in [0, 0.1) is 0 Å². The van der Waals surface area contributed by atoms with Crippen LogP contribution in [0.5, 0.6) is 5.75 Å². The molecule has 3 aromatic rings. The van der Waals surface area contributed by atoms with Gasteiger partial charge in [0.2, 0.25) is 5.91 Å². The Balaban J connectivity index is 1.76. The molecule has 1 atom stereocenters. The van der Waals surface area contributed by atoms with Crippen molar-refractivity contribution in [3.8, 4) is 17.0 Å². The van der Waals surface area contributed by atoms with Gasteiger partial charge in [0.05, 0.1) is 5.69 Å². The van der Waals surface area contributed by atoms with Crippen LogP contribution in [0.15, 0.2) is 65.7 Å². The number of carbonyl (C=O) groups excluding carboxylic acids is 1. The van der Waals surface area contributed by atoms with Crippen molar-refractivity contribution >= 4 is 11.6 Å². The Morgan fingerprint density at radius 1 is 1.14 bits per heavy atom. The van der Waals surface area contributed by atoms with Crippen LogP contribution in [0.4, 0.5) is 18.9 Å². The van der Waals surface area contributed by atoms with Crippen molar-refractivity contribution in [1.82, 2.24) is 14.8 Å². The first-order valence-electron chi connectivity index (χ1n) is 8.40. The lowest BCUT2D eigenvalue weighted by Crippen LogP contribution is -2.33. The van der Waals surface area contributed by atoms with Gasteiger partial charge in [0.1, 0.15) is 11.8 Å². The van der Waals surface area contributed by atoms with Crippen LogP contribution in [0.3, 0.4) is 0 Å². The van der Waals surface area contributed by atoms with E-state index in [1.54, 1.807) is 24.5 Å². The summed E-state index contributed by atoms with van der Waals surface area (Å²) in [5.41, 5.74) is 0.905. The average molecular weight is 404 g/mol. The number of halogens is 3. The minimum absolute atomic E-state index is 0.243. The molecule has 1 amide bonds. The van der Waals surface area contributed by atoms with Crippen LogP contribution in [-0.4, -0.2) is 27.0 Å². The molecule has 1 aromatic carbocycles. The highest BCUT2D eigenvalue weighted by molar-refractivity contribution is 5.93. The van der Waals surface area contributed by atoms with Crippen LogP contribution >= 0.6 is 0 Å². The smallest absolute Gasteiger partial charge is 0.406 e. The summed E-state index contributed by atoms with van der Waals surface area (Å²) < 4.78 is 41.4. The van der Waals surface area contributed by atoms with Crippen LogP contribution < -0.4 is 15.6 Å². The lowest BCUT2D eigenvalue weighted by atomic mass is 10.2. The predicted molar refractivity (Wildman–Crippen MR) is 98.2 cm³/mol. The molecule has 0 saturated carbocycles. The number of alkyl halides is 3. The monoisotopic (exact) mass is 404 g/mol. The average Bonchev–Trinajstić information content (AvgIpc) is 2.69. The molecule has 2 aromatic heterocycles. The fraction of sp³-hybridized carbons (Fsp3) is 0.158.